The number of nitrogens with two attached hydrogens (primary N) is 1. The summed E-state index contributed by atoms with van der Waals surface area (Å²) in [6, 6.07) is 12.4. The molecule has 6 nitrogen and oxygen atoms in total. The Morgan fingerprint density at radius 3 is 2.50 bits per heavy atom. The quantitative estimate of drug-likeness (QED) is 0.260. The molecule has 0 saturated heterocycles. The number of ether oxygens (including phenoxy) is 2. The van der Waals surface area contributed by atoms with E-state index < -0.39 is 6.10 Å². The second-order valence-corrected chi connectivity index (χ2v) is 6.84. The van der Waals surface area contributed by atoms with E-state index in [9.17, 15) is 5.11 Å². The Kier molecular flexibility index (Phi) is 10.7. The van der Waals surface area contributed by atoms with Crippen molar-refractivity contribution in [3.8, 4) is 11.5 Å². The van der Waals surface area contributed by atoms with Crippen molar-refractivity contribution in [3.05, 3.63) is 52.5 Å². The van der Waals surface area contributed by atoms with Crippen molar-refractivity contribution in [2.75, 3.05) is 18.5 Å². The summed E-state index contributed by atoms with van der Waals surface area (Å²) in [5.74, 6) is 1.37. The van der Waals surface area contributed by atoms with Crippen LogP contribution in [0.3, 0.4) is 0 Å². The zero-order valence-electron chi connectivity index (χ0n) is 15.6. The lowest BCUT2D eigenvalue weighted by atomic mass is 10.3. The van der Waals surface area contributed by atoms with E-state index in [1.807, 2.05) is 38.1 Å². The monoisotopic (exact) mass is 539 g/mol. The van der Waals surface area contributed by atoms with Gasteiger partial charge in [0.15, 0.2) is 5.96 Å². The van der Waals surface area contributed by atoms with Crippen molar-refractivity contribution in [1.82, 2.24) is 0 Å². The van der Waals surface area contributed by atoms with Crippen molar-refractivity contribution in [2.45, 2.75) is 26.1 Å². The third-order valence-corrected chi connectivity index (χ3v) is 4.12. The van der Waals surface area contributed by atoms with Gasteiger partial charge in [-0.05, 0) is 50.2 Å². The van der Waals surface area contributed by atoms with Gasteiger partial charge in [-0.25, -0.2) is 0 Å². The minimum absolute atomic E-state index is 0. The summed E-state index contributed by atoms with van der Waals surface area (Å²) in [4.78, 5) is 4.11. The van der Waals surface area contributed by atoms with Crippen LogP contribution in [-0.4, -0.2) is 36.4 Å². The second kappa shape index (κ2) is 12.2. The molecule has 9 heteroatoms. The van der Waals surface area contributed by atoms with Crippen LogP contribution in [0.5, 0.6) is 11.5 Å². The Bertz CT molecular complexity index is 774. The van der Waals surface area contributed by atoms with E-state index in [4.69, 9.17) is 38.4 Å². The third kappa shape index (κ3) is 8.30. The van der Waals surface area contributed by atoms with Gasteiger partial charge < -0.3 is 25.6 Å². The highest BCUT2D eigenvalue weighted by atomic mass is 127. The Labute approximate surface area is 192 Å². The molecular formula is C19H24Cl2IN3O3. The van der Waals surface area contributed by atoms with Crippen molar-refractivity contribution in [2.24, 2.45) is 10.7 Å². The predicted molar refractivity (Wildman–Crippen MR) is 126 cm³/mol. The molecule has 28 heavy (non-hydrogen) atoms. The number of aliphatic hydroxyl groups excluding tert-OH is 1. The van der Waals surface area contributed by atoms with Crippen LogP contribution < -0.4 is 20.5 Å². The fourth-order valence-corrected chi connectivity index (χ4v) is 2.46. The highest BCUT2D eigenvalue weighted by Crippen LogP contribution is 2.31. The van der Waals surface area contributed by atoms with Crippen LogP contribution in [0, 0.1) is 0 Å². The number of benzene rings is 2. The Hall–Kier alpha value is -1.42. The maximum absolute atomic E-state index is 10.00. The van der Waals surface area contributed by atoms with Gasteiger partial charge in [-0.3, -0.25) is 4.99 Å². The number of hydrogen-bond donors (Lipinski definition) is 3. The van der Waals surface area contributed by atoms with Gasteiger partial charge in [0.25, 0.3) is 0 Å². The number of nitrogens with zero attached hydrogens (tertiary/aromatic N) is 1. The molecule has 2 aromatic rings. The fourth-order valence-electron chi connectivity index (χ4n) is 2.11. The van der Waals surface area contributed by atoms with Gasteiger partial charge in [0.05, 0.1) is 17.7 Å². The van der Waals surface area contributed by atoms with Gasteiger partial charge in [-0.15, -0.1) is 24.0 Å². The summed E-state index contributed by atoms with van der Waals surface area (Å²) in [5, 5.41) is 13.6. The van der Waals surface area contributed by atoms with Crippen molar-refractivity contribution in [3.63, 3.8) is 0 Å². The zero-order valence-corrected chi connectivity index (χ0v) is 19.4. The molecule has 0 bridgehead atoms. The molecule has 0 spiro atoms. The number of aliphatic imine (C=N–C) groups is 1. The van der Waals surface area contributed by atoms with Crippen LogP contribution >= 0.6 is 47.2 Å². The van der Waals surface area contributed by atoms with Crippen LogP contribution in [-0.2, 0) is 0 Å². The normalized spacial score (nSPS) is 12.3. The average molecular weight is 540 g/mol. The molecule has 1 unspecified atom stereocenters. The minimum Gasteiger partial charge on any atom is -0.491 e. The van der Waals surface area contributed by atoms with Crippen molar-refractivity contribution >= 4 is 58.8 Å². The predicted octanol–water partition coefficient (Wildman–Crippen LogP) is 4.57. The average Bonchev–Trinajstić information content (AvgIpc) is 2.62. The SMILES string of the molecule is CC(C)Oc1ccc(NC(N)=NCC(O)COc2cccc(Cl)c2Cl)cc1.I. The first-order chi connectivity index (χ1) is 12.8. The van der Waals surface area contributed by atoms with Gasteiger partial charge in [0, 0.05) is 5.69 Å². The molecule has 0 radical (unpaired) electrons. The van der Waals surface area contributed by atoms with E-state index in [-0.39, 0.29) is 49.2 Å². The zero-order chi connectivity index (χ0) is 19.8. The summed E-state index contributed by atoms with van der Waals surface area (Å²) < 4.78 is 11.0. The van der Waals surface area contributed by atoms with E-state index in [2.05, 4.69) is 10.3 Å². The molecule has 0 aliphatic carbocycles. The second-order valence-electron chi connectivity index (χ2n) is 6.06. The molecular weight excluding hydrogens is 516 g/mol. The molecule has 0 saturated carbocycles. The Balaban J connectivity index is 0.00000392. The smallest absolute Gasteiger partial charge is 0.193 e. The summed E-state index contributed by atoms with van der Waals surface area (Å²) in [6.45, 7) is 4.02. The molecule has 4 N–H and O–H groups in total. The van der Waals surface area contributed by atoms with Crippen LogP contribution in [0.15, 0.2) is 47.5 Å². The number of aliphatic hydroxyl groups is 1. The molecule has 0 heterocycles. The largest absolute Gasteiger partial charge is 0.491 e. The molecule has 2 aromatic carbocycles. The summed E-state index contributed by atoms with van der Waals surface area (Å²) in [6.07, 6.45) is -0.733. The third-order valence-electron chi connectivity index (χ3n) is 3.32. The van der Waals surface area contributed by atoms with Crippen LogP contribution in [0.4, 0.5) is 5.69 Å². The first kappa shape index (κ1) is 24.6. The maximum Gasteiger partial charge on any atom is 0.193 e. The molecule has 0 amide bonds. The first-order valence-electron chi connectivity index (χ1n) is 8.43. The lowest BCUT2D eigenvalue weighted by Gasteiger charge is -2.13. The van der Waals surface area contributed by atoms with Crippen LogP contribution in [0.1, 0.15) is 13.8 Å². The molecule has 0 fully saturated rings. The Morgan fingerprint density at radius 2 is 1.86 bits per heavy atom. The topological polar surface area (TPSA) is 89.1 Å². The molecule has 2 rings (SSSR count). The molecule has 0 aromatic heterocycles. The first-order valence-corrected chi connectivity index (χ1v) is 9.19. The highest BCUT2D eigenvalue weighted by Gasteiger charge is 2.09. The molecule has 0 aliphatic rings. The number of nitrogens with one attached hydrogen (secondary N) is 1. The van der Waals surface area contributed by atoms with Gasteiger partial charge in [-0.1, -0.05) is 29.3 Å². The number of halogens is 3. The van der Waals surface area contributed by atoms with Crippen molar-refractivity contribution < 1.29 is 14.6 Å². The van der Waals surface area contributed by atoms with Gasteiger partial charge in [-0.2, -0.15) is 0 Å². The van der Waals surface area contributed by atoms with E-state index in [1.54, 1.807) is 18.2 Å². The summed E-state index contributed by atoms with van der Waals surface area (Å²) in [5.41, 5.74) is 6.61. The van der Waals surface area contributed by atoms with E-state index in [0.717, 1.165) is 11.4 Å². The number of rotatable bonds is 8. The lowest BCUT2D eigenvalue weighted by molar-refractivity contribution is 0.114. The highest BCUT2D eigenvalue weighted by molar-refractivity contribution is 14.0. The van der Waals surface area contributed by atoms with Gasteiger partial charge >= 0.3 is 0 Å². The van der Waals surface area contributed by atoms with E-state index in [1.165, 1.54) is 0 Å². The maximum atomic E-state index is 10.00. The summed E-state index contributed by atoms with van der Waals surface area (Å²) in [7, 11) is 0. The molecule has 0 aliphatic heterocycles. The van der Waals surface area contributed by atoms with Crippen molar-refractivity contribution in [1.29, 1.82) is 0 Å². The molecule has 154 valence electrons. The molecule has 1 atom stereocenters. The van der Waals surface area contributed by atoms with E-state index >= 15 is 0 Å². The lowest BCUT2D eigenvalue weighted by Crippen LogP contribution is -2.27. The van der Waals surface area contributed by atoms with E-state index in [0.29, 0.717) is 15.8 Å². The fraction of sp³-hybridized carbons (Fsp3) is 0.316. The number of anilines is 1. The summed E-state index contributed by atoms with van der Waals surface area (Å²) >= 11 is 11.9. The van der Waals surface area contributed by atoms with Gasteiger partial charge in [0.2, 0.25) is 0 Å². The number of hydrogen-bond acceptors (Lipinski definition) is 4. The van der Waals surface area contributed by atoms with Crippen LogP contribution in [0.25, 0.3) is 0 Å². The Morgan fingerprint density at radius 1 is 1.18 bits per heavy atom. The minimum atomic E-state index is -0.845. The number of guanidine groups is 1. The van der Waals surface area contributed by atoms with Gasteiger partial charge in [0.1, 0.15) is 29.2 Å². The van der Waals surface area contributed by atoms with Crippen LogP contribution in [0.2, 0.25) is 10.0 Å². The standard InChI is InChI=1S/C19H23Cl2N3O3.HI/c1-12(2)27-15-8-6-13(7-9-15)24-19(22)23-10-14(25)11-26-17-5-3-4-16(20)18(17)21;/h3-9,12,14,25H,10-11H2,1-2H3,(H3,22,23,24);1H.